The van der Waals surface area contributed by atoms with E-state index < -0.39 is 33.8 Å². The van der Waals surface area contributed by atoms with Gasteiger partial charge in [-0.1, -0.05) is 0 Å². The summed E-state index contributed by atoms with van der Waals surface area (Å²) in [7, 11) is -3.77. The summed E-state index contributed by atoms with van der Waals surface area (Å²) in [5.74, 6) is -2.39. The van der Waals surface area contributed by atoms with Crippen LogP contribution in [0.1, 0.15) is 20.3 Å². The lowest BCUT2D eigenvalue weighted by atomic mass is 10.4. The molecule has 94 valence electrons. The maximum absolute atomic E-state index is 11.3. The van der Waals surface area contributed by atoms with Crippen molar-refractivity contribution < 1.29 is 27.9 Å². The van der Waals surface area contributed by atoms with Gasteiger partial charge in [0.1, 0.15) is 6.04 Å². The molecule has 2 N–H and O–H groups in total. The Bertz CT molecular complexity index is 350. The summed E-state index contributed by atoms with van der Waals surface area (Å²) in [6, 6.07) is -1.22. The Hall–Kier alpha value is -1.15. The van der Waals surface area contributed by atoms with E-state index in [-0.39, 0.29) is 13.0 Å². The lowest BCUT2D eigenvalue weighted by molar-refractivity contribution is -0.142. The van der Waals surface area contributed by atoms with Crippen molar-refractivity contribution >= 4 is 22.0 Å². The number of aliphatic carboxylic acids is 1. The second kappa shape index (κ2) is 6.44. The van der Waals surface area contributed by atoms with Crippen molar-refractivity contribution in [1.29, 1.82) is 0 Å². The number of carbonyl (C=O) groups excluding carboxylic acids is 1. The van der Waals surface area contributed by atoms with Gasteiger partial charge >= 0.3 is 11.9 Å². The van der Waals surface area contributed by atoms with E-state index in [4.69, 9.17) is 5.11 Å². The predicted octanol–water partition coefficient (Wildman–Crippen LogP) is -0.668. The second-order valence-electron chi connectivity index (χ2n) is 3.05. The van der Waals surface area contributed by atoms with Gasteiger partial charge in [0.25, 0.3) is 0 Å². The van der Waals surface area contributed by atoms with E-state index in [1.807, 2.05) is 4.72 Å². The van der Waals surface area contributed by atoms with Crippen LogP contribution in [0.25, 0.3) is 0 Å². The van der Waals surface area contributed by atoms with E-state index in [0.717, 1.165) is 0 Å². The van der Waals surface area contributed by atoms with Gasteiger partial charge in [0.2, 0.25) is 10.0 Å². The Morgan fingerprint density at radius 1 is 1.44 bits per heavy atom. The fraction of sp³-hybridized carbons (Fsp3) is 0.750. The van der Waals surface area contributed by atoms with Crippen molar-refractivity contribution in [3.8, 4) is 0 Å². The van der Waals surface area contributed by atoms with Crippen molar-refractivity contribution in [1.82, 2.24) is 4.72 Å². The first kappa shape index (κ1) is 14.8. The lowest BCUT2D eigenvalue weighted by Gasteiger charge is -2.09. The molecule has 1 atom stereocenters. The highest BCUT2D eigenvalue weighted by Crippen LogP contribution is 1.95. The predicted molar refractivity (Wildman–Crippen MR) is 55.3 cm³/mol. The van der Waals surface area contributed by atoms with E-state index in [0.29, 0.717) is 0 Å². The summed E-state index contributed by atoms with van der Waals surface area (Å²) in [5, 5.41) is 8.49. The number of hydrogen-bond acceptors (Lipinski definition) is 5. The molecule has 0 radical (unpaired) electrons. The molecule has 0 rings (SSSR count). The number of carbonyl (C=O) groups is 2. The van der Waals surface area contributed by atoms with Crippen LogP contribution in [0.4, 0.5) is 0 Å². The Labute approximate surface area is 93.8 Å². The minimum Gasteiger partial charge on any atom is -0.480 e. The number of rotatable bonds is 7. The van der Waals surface area contributed by atoms with Crippen LogP contribution in [-0.4, -0.2) is 43.9 Å². The second-order valence-corrected chi connectivity index (χ2v) is 4.93. The standard InChI is InChI=1S/C8H15NO6S/c1-3-15-7(10)4-5-16(13,14)9-6(2)8(11)12/h6,9H,3-5H2,1-2H3,(H,11,12)/t6-/m0/s1. The highest BCUT2D eigenvalue weighted by atomic mass is 32.2. The zero-order chi connectivity index (χ0) is 12.8. The van der Waals surface area contributed by atoms with Gasteiger partial charge in [0.05, 0.1) is 18.8 Å². The third-order valence-corrected chi connectivity index (χ3v) is 3.06. The lowest BCUT2D eigenvalue weighted by Crippen LogP contribution is -2.39. The van der Waals surface area contributed by atoms with E-state index >= 15 is 0 Å². The summed E-state index contributed by atoms with van der Waals surface area (Å²) in [5.41, 5.74) is 0. The van der Waals surface area contributed by atoms with Crippen LogP contribution < -0.4 is 4.72 Å². The Morgan fingerprint density at radius 2 is 2.00 bits per heavy atom. The van der Waals surface area contributed by atoms with Crippen molar-refractivity contribution in [3.05, 3.63) is 0 Å². The maximum Gasteiger partial charge on any atom is 0.321 e. The molecule has 0 aliphatic heterocycles. The molecule has 7 nitrogen and oxygen atoms in total. The highest BCUT2D eigenvalue weighted by Gasteiger charge is 2.20. The summed E-state index contributed by atoms with van der Waals surface area (Å²) in [6.45, 7) is 2.99. The number of esters is 1. The fourth-order valence-electron chi connectivity index (χ4n) is 0.830. The van der Waals surface area contributed by atoms with E-state index in [1.165, 1.54) is 6.92 Å². The topological polar surface area (TPSA) is 110 Å². The molecule has 0 aliphatic rings. The third-order valence-electron chi connectivity index (χ3n) is 1.61. The van der Waals surface area contributed by atoms with Crippen molar-refractivity contribution in [3.63, 3.8) is 0 Å². The normalized spacial score (nSPS) is 13.1. The fourth-order valence-corrected chi connectivity index (χ4v) is 2.02. The summed E-state index contributed by atoms with van der Waals surface area (Å²) >= 11 is 0. The summed E-state index contributed by atoms with van der Waals surface area (Å²) in [6.07, 6.45) is -0.296. The van der Waals surface area contributed by atoms with Crippen LogP contribution >= 0.6 is 0 Å². The average Bonchev–Trinajstić information content (AvgIpc) is 2.14. The smallest absolute Gasteiger partial charge is 0.321 e. The van der Waals surface area contributed by atoms with Gasteiger partial charge < -0.3 is 9.84 Å². The Balaban J connectivity index is 4.16. The molecule has 0 aliphatic carbocycles. The van der Waals surface area contributed by atoms with Crippen LogP contribution in [0.15, 0.2) is 0 Å². The number of nitrogens with one attached hydrogen (secondary N) is 1. The van der Waals surface area contributed by atoms with Crippen molar-refractivity contribution in [2.75, 3.05) is 12.4 Å². The first-order valence-electron chi connectivity index (χ1n) is 4.67. The number of carboxylic acids is 1. The van der Waals surface area contributed by atoms with Crippen LogP contribution in [0.3, 0.4) is 0 Å². The molecule has 8 heteroatoms. The third kappa shape index (κ3) is 6.36. The molecule has 0 saturated heterocycles. The van der Waals surface area contributed by atoms with E-state index in [9.17, 15) is 18.0 Å². The molecule has 0 aromatic rings. The van der Waals surface area contributed by atoms with Crippen LogP contribution in [0.2, 0.25) is 0 Å². The molecule has 0 aromatic heterocycles. The first-order valence-corrected chi connectivity index (χ1v) is 6.32. The van der Waals surface area contributed by atoms with Gasteiger partial charge in [0.15, 0.2) is 0 Å². The molecule has 0 spiro atoms. The molecule has 0 fully saturated rings. The Kier molecular flexibility index (Phi) is 5.97. The SMILES string of the molecule is CCOC(=O)CCS(=O)(=O)N[C@@H](C)C(=O)O. The van der Waals surface area contributed by atoms with Crippen molar-refractivity contribution in [2.24, 2.45) is 0 Å². The molecule has 0 bridgehead atoms. The number of sulfonamides is 1. The molecule has 0 amide bonds. The van der Waals surface area contributed by atoms with Gasteiger partial charge in [-0.25, -0.2) is 13.1 Å². The number of hydrogen-bond donors (Lipinski definition) is 2. The minimum absolute atomic E-state index is 0.178. The molecule has 0 aromatic carbocycles. The quantitative estimate of drug-likeness (QED) is 0.582. The maximum atomic E-state index is 11.3. The largest absolute Gasteiger partial charge is 0.480 e. The van der Waals surface area contributed by atoms with Crippen LogP contribution in [-0.2, 0) is 24.3 Å². The molecule has 0 unspecified atom stereocenters. The molecule has 16 heavy (non-hydrogen) atoms. The monoisotopic (exact) mass is 253 g/mol. The highest BCUT2D eigenvalue weighted by molar-refractivity contribution is 7.89. The van der Waals surface area contributed by atoms with Gasteiger partial charge in [-0.05, 0) is 13.8 Å². The Morgan fingerprint density at radius 3 is 2.44 bits per heavy atom. The van der Waals surface area contributed by atoms with Gasteiger partial charge in [0, 0.05) is 0 Å². The number of carboxylic acid groups (broad SMARTS) is 1. The van der Waals surface area contributed by atoms with Gasteiger partial charge in [-0.3, -0.25) is 9.59 Å². The van der Waals surface area contributed by atoms with Crippen molar-refractivity contribution in [2.45, 2.75) is 26.3 Å². The van der Waals surface area contributed by atoms with Crippen LogP contribution in [0.5, 0.6) is 0 Å². The minimum atomic E-state index is -3.77. The van der Waals surface area contributed by atoms with Gasteiger partial charge in [-0.2, -0.15) is 0 Å². The van der Waals surface area contributed by atoms with Crippen LogP contribution in [0, 0.1) is 0 Å². The molecular weight excluding hydrogens is 238 g/mol. The number of ether oxygens (including phenoxy) is 1. The average molecular weight is 253 g/mol. The summed E-state index contributed by atoms with van der Waals surface area (Å²) < 4.78 is 29.0. The van der Waals surface area contributed by atoms with Gasteiger partial charge in [-0.15, -0.1) is 0 Å². The van der Waals surface area contributed by atoms with E-state index in [1.54, 1.807) is 6.92 Å². The van der Waals surface area contributed by atoms with E-state index in [2.05, 4.69) is 4.74 Å². The summed E-state index contributed by atoms with van der Waals surface area (Å²) in [4.78, 5) is 21.3. The molecular formula is C8H15NO6S. The zero-order valence-corrected chi connectivity index (χ0v) is 9.91. The first-order chi connectivity index (χ1) is 7.28. The molecule has 0 saturated carbocycles. The zero-order valence-electron chi connectivity index (χ0n) is 9.10. The molecule has 0 heterocycles.